The van der Waals surface area contributed by atoms with Crippen molar-refractivity contribution in [3.8, 4) is 11.5 Å². The fraction of sp³-hybridized carbons (Fsp3) is 0.400. The van der Waals surface area contributed by atoms with Gasteiger partial charge in [0.2, 0.25) is 0 Å². The number of hydrogen-bond donors (Lipinski definition) is 1. The number of hydrogen-bond acceptors (Lipinski definition) is 3. The van der Waals surface area contributed by atoms with E-state index < -0.39 is 0 Å². The van der Waals surface area contributed by atoms with Crippen LogP contribution < -0.4 is 14.8 Å². The highest BCUT2D eigenvalue weighted by Gasteiger charge is 2.08. The molecule has 2 aromatic rings. The summed E-state index contributed by atoms with van der Waals surface area (Å²) in [4.78, 5) is 0. The standard InChI is InChI=1S/C20H27NO2/c1-5-12-23-19-11-8-17(13-20(19)22-4)14-21-16(3)18-9-6-15(2)7-10-18/h6-11,13,16,21H,5,12,14H2,1-4H3. The molecule has 0 saturated heterocycles. The van der Waals surface area contributed by atoms with Crippen molar-refractivity contribution in [2.24, 2.45) is 0 Å². The van der Waals surface area contributed by atoms with Crippen molar-refractivity contribution in [2.75, 3.05) is 13.7 Å². The lowest BCUT2D eigenvalue weighted by atomic mass is 10.1. The minimum atomic E-state index is 0.303. The lowest BCUT2D eigenvalue weighted by Gasteiger charge is -2.16. The summed E-state index contributed by atoms with van der Waals surface area (Å²) in [6.07, 6.45) is 0.987. The molecule has 0 aromatic heterocycles. The zero-order chi connectivity index (χ0) is 16.7. The second kappa shape index (κ2) is 8.59. The first-order chi connectivity index (χ1) is 11.1. The van der Waals surface area contributed by atoms with E-state index in [2.05, 4.69) is 56.4 Å². The molecule has 124 valence electrons. The molecule has 0 fully saturated rings. The van der Waals surface area contributed by atoms with Crippen LogP contribution in [0.25, 0.3) is 0 Å². The molecule has 0 amide bonds. The van der Waals surface area contributed by atoms with Gasteiger partial charge in [-0.3, -0.25) is 0 Å². The number of benzene rings is 2. The largest absolute Gasteiger partial charge is 0.493 e. The molecule has 0 spiro atoms. The van der Waals surface area contributed by atoms with Crippen LogP contribution in [0.15, 0.2) is 42.5 Å². The highest BCUT2D eigenvalue weighted by Crippen LogP contribution is 2.28. The molecular formula is C20H27NO2. The Bertz CT molecular complexity index is 608. The third kappa shape index (κ3) is 5.00. The van der Waals surface area contributed by atoms with E-state index in [0.29, 0.717) is 12.6 Å². The van der Waals surface area contributed by atoms with Gasteiger partial charge in [0.25, 0.3) is 0 Å². The third-order valence-electron chi connectivity index (χ3n) is 3.88. The first-order valence-electron chi connectivity index (χ1n) is 8.23. The molecule has 0 heterocycles. The molecule has 2 aromatic carbocycles. The van der Waals surface area contributed by atoms with Crippen molar-refractivity contribution in [1.82, 2.24) is 5.32 Å². The summed E-state index contributed by atoms with van der Waals surface area (Å²) >= 11 is 0. The Morgan fingerprint density at radius 2 is 1.78 bits per heavy atom. The Morgan fingerprint density at radius 1 is 1.04 bits per heavy atom. The fourth-order valence-electron chi connectivity index (χ4n) is 2.40. The maximum atomic E-state index is 5.69. The summed E-state index contributed by atoms with van der Waals surface area (Å²) in [7, 11) is 1.68. The minimum absolute atomic E-state index is 0.303. The Kier molecular flexibility index (Phi) is 6.48. The molecule has 1 N–H and O–H groups in total. The van der Waals surface area contributed by atoms with Crippen molar-refractivity contribution in [3.05, 3.63) is 59.2 Å². The monoisotopic (exact) mass is 313 g/mol. The van der Waals surface area contributed by atoms with Gasteiger partial charge in [-0.15, -0.1) is 0 Å². The summed E-state index contributed by atoms with van der Waals surface area (Å²) < 4.78 is 11.1. The van der Waals surface area contributed by atoms with Gasteiger partial charge >= 0.3 is 0 Å². The van der Waals surface area contributed by atoms with E-state index in [0.717, 1.165) is 24.5 Å². The Morgan fingerprint density at radius 3 is 2.43 bits per heavy atom. The van der Waals surface area contributed by atoms with E-state index in [1.54, 1.807) is 7.11 Å². The topological polar surface area (TPSA) is 30.5 Å². The lowest BCUT2D eigenvalue weighted by molar-refractivity contribution is 0.294. The molecule has 1 unspecified atom stereocenters. The first kappa shape index (κ1) is 17.4. The molecule has 3 heteroatoms. The summed E-state index contributed by atoms with van der Waals surface area (Å²) in [6.45, 7) is 7.88. The first-order valence-corrected chi connectivity index (χ1v) is 8.23. The van der Waals surface area contributed by atoms with Gasteiger partial charge in [-0.1, -0.05) is 42.8 Å². The molecule has 0 saturated carbocycles. The molecule has 0 aliphatic carbocycles. The van der Waals surface area contributed by atoms with Crippen LogP contribution in [0.2, 0.25) is 0 Å². The normalized spacial score (nSPS) is 12.0. The number of rotatable bonds is 8. The van der Waals surface area contributed by atoms with Gasteiger partial charge in [-0.25, -0.2) is 0 Å². The maximum Gasteiger partial charge on any atom is 0.161 e. The summed E-state index contributed by atoms with van der Waals surface area (Å²) in [5.41, 5.74) is 3.77. The number of ether oxygens (including phenoxy) is 2. The van der Waals surface area contributed by atoms with Gasteiger partial charge in [-0.05, 0) is 43.5 Å². The predicted octanol–water partition coefficient (Wildman–Crippen LogP) is 4.64. The second-order valence-electron chi connectivity index (χ2n) is 5.85. The van der Waals surface area contributed by atoms with E-state index in [9.17, 15) is 0 Å². The van der Waals surface area contributed by atoms with E-state index >= 15 is 0 Å². The van der Waals surface area contributed by atoms with Crippen molar-refractivity contribution >= 4 is 0 Å². The molecular weight excluding hydrogens is 286 g/mol. The predicted molar refractivity (Wildman–Crippen MR) is 95.2 cm³/mol. The quantitative estimate of drug-likeness (QED) is 0.770. The van der Waals surface area contributed by atoms with Gasteiger partial charge in [-0.2, -0.15) is 0 Å². The fourth-order valence-corrected chi connectivity index (χ4v) is 2.40. The number of aryl methyl sites for hydroxylation is 1. The molecule has 2 rings (SSSR count). The molecule has 0 radical (unpaired) electrons. The molecule has 1 atom stereocenters. The smallest absolute Gasteiger partial charge is 0.161 e. The van der Waals surface area contributed by atoms with Crippen LogP contribution in [-0.2, 0) is 6.54 Å². The van der Waals surface area contributed by atoms with E-state index in [1.165, 1.54) is 16.7 Å². The average Bonchev–Trinajstić information content (AvgIpc) is 2.58. The Labute approximate surface area is 139 Å². The molecule has 0 aliphatic heterocycles. The van der Waals surface area contributed by atoms with Gasteiger partial charge in [0.15, 0.2) is 11.5 Å². The van der Waals surface area contributed by atoms with E-state index in [-0.39, 0.29) is 0 Å². The Hall–Kier alpha value is -2.00. The van der Waals surface area contributed by atoms with Crippen LogP contribution in [0.4, 0.5) is 0 Å². The lowest BCUT2D eigenvalue weighted by Crippen LogP contribution is -2.18. The van der Waals surface area contributed by atoms with Crippen molar-refractivity contribution in [2.45, 2.75) is 39.8 Å². The third-order valence-corrected chi connectivity index (χ3v) is 3.88. The van der Waals surface area contributed by atoms with Crippen LogP contribution in [0.1, 0.15) is 43.0 Å². The van der Waals surface area contributed by atoms with E-state index in [4.69, 9.17) is 9.47 Å². The van der Waals surface area contributed by atoms with Gasteiger partial charge in [0.1, 0.15) is 0 Å². The van der Waals surface area contributed by atoms with Gasteiger partial charge < -0.3 is 14.8 Å². The van der Waals surface area contributed by atoms with Crippen molar-refractivity contribution < 1.29 is 9.47 Å². The zero-order valence-electron chi connectivity index (χ0n) is 14.6. The highest BCUT2D eigenvalue weighted by molar-refractivity contribution is 5.43. The number of nitrogens with one attached hydrogen (secondary N) is 1. The van der Waals surface area contributed by atoms with E-state index in [1.807, 2.05) is 12.1 Å². The molecule has 0 aliphatic rings. The summed E-state index contributed by atoms with van der Waals surface area (Å²) in [5, 5.41) is 3.55. The number of methoxy groups -OCH3 is 1. The minimum Gasteiger partial charge on any atom is -0.493 e. The van der Waals surface area contributed by atoms with Crippen LogP contribution in [0.3, 0.4) is 0 Å². The SMILES string of the molecule is CCCOc1ccc(CNC(C)c2ccc(C)cc2)cc1OC. The Balaban J connectivity index is 1.98. The molecule has 23 heavy (non-hydrogen) atoms. The van der Waals surface area contributed by atoms with Crippen LogP contribution in [0.5, 0.6) is 11.5 Å². The molecule has 3 nitrogen and oxygen atoms in total. The second-order valence-corrected chi connectivity index (χ2v) is 5.85. The van der Waals surface area contributed by atoms with Gasteiger partial charge in [0, 0.05) is 12.6 Å². The zero-order valence-corrected chi connectivity index (χ0v) is 14.6. The molecule has 0 bridgehead atoms. The van der Waals surface area contributed by atoms with Crippen LogP contribution in [0, 0.1) is 6.92 Å². The average molecular weight is 313 g/mol. The summed E-state index contributed by atoms with van der Waals surface area (Å²) in [6, 6.07) is 15.1. The summed E-state index contributed by atoms with van der Waals surface area (Å²) in [5.74, 6) is 1.60. The maximum absolute atomic E-state index is 5.69. The van der Waals surface area contributed by atoms with Crippen LogP contribution >= 0.6 is 0 Å². The van der Waals surface area contributed by atoms with Crippen molar-refractivity contribution in [1.29, 1.82) is 0 Å². The van der Waals surface area contributed by atoms with Crippen molar-refractivity contribution in [3.63, 3.8) is 0 Å². The van der Waals surface area contributed by atoms with Crippen LogP contribution in [-0.4, -0.2) is 13.7 Å². The highest BCUT2D eigenvalue weighted by atomic mass is 16.5. The van der Waals surface area contributed by atoms with Gasteiger partial charge in [0.05, 0.1) is 13.7 Å².